The molecule has 0 radical (unpaired) electrons. The zero-order valence-corrected chi connectivity index (χ0v) is 16.4. The minimum Gasteiger partial charge on any atom is -0.466 e. The molecule has 0 amide bonds. The molecule has 3 rings (SSSR count). The standard InChI is InChI=1S/C20H17ClFNO6/c1-26-19(24)15-10-28-11-23(18(15)20(25)27-2)13-6-7-17(16(21)9-13)29-14-5-3-4-12(22)8-14/h3-9H,10-11H2,1-2H3. The molecule has 9 heteroatoms. The van der Waals surface area contributed by atoms with E-state index in [0.29, 0.717) is 5.69 Å². The highest BCUT2D eigenvalue weighted by molar-refractivity contribution is 6.32. The fraction of sp³-hybridized carbons (Fsp3) is 0.200. The molecule has 0 N–H and O–H groups in total. The quantitative estimate of drug-likeness (QED) is 0.682. The van der Waals surface area contributed by atoms with Gasteiger partial charge in [-0.3, -0.25) is 0 Å². The van der Waals surface area contributed by atoms with Gasteiger partial charge >= 0.3 is 11.9 Å². The van der Waals surface area contributed by atoms with Crippen LogP contribution in [0.2, 0.25) is 5.02 Å². The lowest BCUT2D eigenvalue weighted by molar-refractivity contribution is -0.140. The largest absolute Gasteiger partial charge is 0.466 e. The van der Waals surface area contributed by atoms with Crippen LogP contribution in [0.5, 0.6) is 11.5 Å². The maximum atomic E-state index is 13.3. The summed E-state index contributed by atoms with van der Waals surface area (Å²) in [6.07, 6.45) is 0. The highest BCUT2D eigenvalue weighted by Crippen LogP contribution is 2.35. The molecule has 0 saturated heterocycles. The topological polar surface area (TPSA) is 74.3 Å². The van der Waals surface area contributed by atoms with Crippen molar-refractivity contribution in [3.8, 4) is 11.5 Å². The lowest BCUT2D eigenvalue weighted by Gasteiger charge is -2.31. The van der Waals surface area contributed by atoms with E-state index in [-0.39, 0.29) is 41.1 Å². The summed E-state index contributed by atoms with van der Waals surface area (Å²) in [6, 6.07) is 10.3. The van der Waals surface area contributed by atoms with Crippen molar-refractivity contribution in [3.63, 3.8) is 0 Å². The predicted molar refractivity (Wildman–Crippen MR) is 102 cm³/mol. The molecule has 7 nitrogen and oxygen atoms in total. The first-order valence-electron chi connectivity index (χ1n) is 8.42. The number of carbonyl (C=O) groups excluding carboxylic acids is 2. The molecule has 0 fully saturated rings. The average Bonchev–Trinajstić information content (AvgIpc) is 2.73. The molecule has 0 bridgehead atoms. The molecular formula is C20H17ClFNO6. The van der Waals surface area contributed by atoms with E-state index in [1.165, 1.54) is 43.4 Å². The number of ether oxygens (including phenoxy) is 4. The smallest absolute Gasteiger partial charge is 0.355 e. The van der Waals surface area contributed by atoms with Crippen LogP contribution in [0.25, 0.3) is 0 Å². The van der Waals surface area contributed by atoms with Crippen molar-refractivity contribution in [3.05, 3.63) is 64.6 Å². The second-order valence-corrected chi connectivity index (χ2v) is 6.30. The number of nitrogens with zero attached hydrogens (tertiary/aromatic N) is 1. The Labute approximate surface area is 171 Å². The molecule has 0 spiro atoms. The Morgan fingerprint density at radius 3 is 2.52 bits per heavy atom. The van der Waals surface area contributed by atoms with Gasteiger partial charge in [0, 0.05) is 11.8 Å². The first-order chi connectivity index (χ1) is 13.9. The van der Waals surface area contributed by atoms with E-state index in [1.54, 1.807) is 18.2 Å². The summed E-state index contributed by atoms with van der Waals surface area (Å²) in [5.74, 6) is -1.29. The molecule has 0 unspecified atom stereocenters. The normalized spacial score (nSPS) is 13.9. The minimum atomic E-state index is -0.718. The molecule has 29 heavy (non-hydrogen) atoms. The van der Waals surface area contributed by atoms with Gasteiger partial charge in [0.05, 0.1) is 31.4 Å². The van der Waals surface area contributed by atoms with E-state index in [0.717, 1.165) is 0 Å². The van der Waals surface area contributed by atoms with E-state index in [1.807, 2.05) is 0 Å². The molecule has 2 aromatic carbocycles. The number of methoxy groups -OCH3 is 2. The molecule has 1 aliphatic heterocycles. The van der Waals surface area contributed by atoms with E-state index in [9.17, 15) is 14.0 Å². The van der Waals surface area contributed by atoms with Crippen molar-refractivity contribution in [1.82, 2.24) is 0 Å². The van der Waals surface area contributed by atoms with Crippen LogP contribution in [-0.4, -0.2) is 39.5 Å². The highest BCUT2D eigenvalue weighted by Gasteiger charge is 2.32. The summed E-state index contributed by atoms with van der Waals surface area (Å²) in [5.41, 5.74) is 0.491. The molecule has 0 aliphatic carbocycles. The zero-order valence-electron chi connectivity index (χ0n) is 15.6. The lowest BCUT2D eigenvalue weighted by atomic mass is 10.1. The zero-order chi connectivity index (χ0) is 21.0. The highest BCUT2D eigenvalue weighted by atomic mass is 35.5. The van der Waals surface area contributed by atoms with E-state index in [2.05, 4.69) is 0 Å². The molecule has 2 aromatic rings. The van der Waals surface area contributed by atoms with E-state index < -0.39 is 17.8 Å². The third-order valence-corrected chi connectivity index (χ3v) is 4.38. The summed E-state index contributed by atoms with van der Waals surface area (Å²) in [4.78, 5) is 25.8. The number of hydrogen-bond acceptors (Lipinski definition) is 7. The van der Waals surface area contributed by atoms with Crippen LogP contribution in [0.3, 0.4) is 0 Å². The van der Waals surface area contributed by atoms with Crippen molar-refractivity contribution in [2.24, 2.45) is 0 Å². The first kappa shape index (κ1) is 20.6. The molecule has 0 saturated carbocycles. The Morgan fingerprint density at radius 2 is 1.86 bits per heavy atom. The monoisotopic (exact) mass is 421 g/mol. The van der Waals surface area contributed by atoms with Gasteiger partial charge in [0.2, 0.25) is 0 Å². The Bertz CT molecular complexity index is 977. The third kappa shape index (κ3) is 4.49. The molecule has 0 aromatic heterocycles. The van der Waals surface area contributed by atoms with Crippen molar-refractivity contribution in [2.75, 3.05) is 32.5 Å². The Kier molecular flexibility index (Phi) is 6.36. The SMILES string of the molecule is COC(=O)C1=C(C(=O)OC)N(c2ccc(Oc3cccc(F)c3)c(Cl)c2)COC1. The fourth-order valence-electron chi connectivity index (χ4n) is 2.75. The van der Waals surface area contributed by atoms with Crippen LogP contribution in [0.15, 0.2) is 53.7 Å². The van der Waals surface area contributed by atoms with Crippen LogP contribution < -0.4 is 9.64 Å². The molecule has 1 aliphatic rings. The van der Waals surface area contributed by atoms with Gasteiger partial charge in [-0.25, -0.2) is 14.0 Å². The van der Waals surface area contributed by atoms with Gasteiger partial charge in [-0.05, 0) is 30.3 Å². The summed E-state index contributed by atoms with van der Waals surface area (Å²) in [5, 5.41) is 0.209. The van der Waals surface area contributed by atoms with Gasteiger partial charge in [-0.15, -0.1) is 0 Å². The van der Waals surface area contributed by atoms with Crippen molar-refractivity contribution in [2.45, 2.75) is 0 Å². The second-order valence-electron chi connectivity index (χ2n) is 5.89. The van der Waals surface area contributed by atoms with E-state index >= 15 is 0 Å². The number of hydrogen-bond donors (Lipinski definition) is 0. The number of anilines is 1. The second kappa shape index (κ2) is 8.93. The van der Waals surface area contributed by atoms with E-state index in [4.69, 9.17) is 30.5 Å². The Hall–Kier alpha value is -3.10. The molecule has 0 atom stereocenters. The lowest BCUT2D eigenvalue weighted by Crippen LogP contribution is -2.38. The average molecular weight is 422 g/mol. The number of benzene rings is 2. The Morgan fingerprint density at radius 1 is 1.10 bits per heavy atom. The van der Waals surface area contributed by atoms with Crippen LogP contribution in [-0.2, 0) is 23.8 Å². The van der Waals surface area contributed by atoms with Crippen LogP contribution in [0.1, 0.15) is 0 Å². The van der Waals surface area contributed by atoms with Gasteiger partial charge in [0.15, 0.2) is 0 Å². The van der Waals surface area contributed by atoms with Crippen LogP contribution in [0.4, 0.5) is 10.1 Å². The predicted octanol–water partition coefficient (Wildman–Crippen LogP) is 3.67. The number of halogens is 2. The van der Waals surface area contributed by atoms with Gasteiger partial charge in [-0.1, -0.05) is 17.7 Å². The first-order valence-corrected chi connectivity index (χ1v) is 8.80. The summed E-state index contributed by atoms with van der Waals surface area (Å²) in [6.45, 7) is -0.104. The van der Waals surface area contributed by atoms with Crippen molar-refractivity contribution < 1.29 is 32.9 Å². The number of rotatable bonds is 5. The molecule has 152 valence electrons. The molecule has 1 heterocycles. The van der Waals surface area contributed by atoms with Crippen LogP contribution >= 0.6 is 11.6 Å². The van der Waals surface area contributed by atoms with Crippen molar-refractivity contribution >= 4 is 29.2 Å². The van der Waals surface area contributed by atoms with Crippen molar-refractivity contribution in [1.29, 1.82) is 0 Å². The maximum Gasteiger partial charge on any atom is 0.355 e. The molecular weight excluding hydrogens is 405 g/mol. The van der Waals surface area contributed by atoms with Gasteiger partial charge in [-0.2, -0.15) is 0 Å². The third-order valence-electron chi connectivity index (χ3n) is 4.08. The summed E-state index contributed by atoms with van der Waals surface area (Å²) >= 11 is 6.32. The minimum absolute atomic E-state index is 0.000431. The Balaban J connectivity index is 1.95. The van der Waals surface area contributed by atoms with Gasteiger partial charge in [0.1, 0.15) is 29.7 Å². The van der Waals surface area contributed by atoms with Gasteiger partial charge in [0.25, 0.3) is 0 Å². The van der Waals surface area contributed by atoms with Crippen LogP contribution in [0, 0.1) is 5.82 Å². The maximum absolute atomic E-state index is 13.3. The van der Waals surface area contributed by atoms with Gasteiger partial charge < -0.3 is 23.8 Å². The summed E-state index contributed by atoms with van der Waals surface area (Å²) in [7, 11) is 2.42. The fourth-order valence-corrected chi connectivity index (χ4v) is 2.96. The number of esters is 2. The summed E-state index contributed by atoms with van der Waals surface area (Å²) < 4.78 is 33.9. The number of carbonyl (C=O) groups is 2.